The van der Waals surface area contributed by atoms with Gasteiger partial charge in [-0.15, -0.1) is 5.10 Å². The third-order valence-corrected chi connectivity index (χ3v) is 6.81. The molecule has 0 bridgehead atoms. The lowest BCUT2D eigenvalue weighted by Gasteiger charge is -2.16. The molecule has 0 saturated carbocycles. The quantitative estimate of drug-likeness (QED) is 0.288. The molecule has 0 amide bonds. The van der Waals surface area contributed by atoms with Gasteiger partial charge in [0.15, 0.2) is 5.82 Å². The molecular weight excluding hydrogens is 507 g/mol. The number of halogens is 2. The lowest BCUT2D eigenvalue weighted by atomic mass is 10.0. The fourth-order valence-electron chi connectivity index (χ4n) is 4.03. The number of benzene rings is 2. The van der Waals surface area contributed by atoms with Crippen LogP contribution in [0.5, 0.6) is 0 Å². The van der Waals surface area contributed by atoms with Gasteiger partial charge in [0.1, 0.15) is 5.82 Å². The van der Waals surface area contributed by atoms with E-state index in [1.165, 1.54) is 10.2 Å². The first-order chi connectivity index (χ1) is 18.0. The van der Waals surface area contributed by atoms with E-state index in [-0.39, 0.29) is 0 Å². The Balaban J connectivity index is 1.35. The Bertz CT molecular complexity index is 1500. The number of likely N-dealkylation sites (N-methyl/N-ethyl adjacent to an activating group) is 1. The summed E-state index contributed by atoms with van der Waals surface area (Å²) in [7, 11) is 2.11. The fraction of sp³-hybridized carbons (Fsp3) is 0.148. The molecule has 10 heteroatoms. The van der Waals surface area contributed by atoms with E-state index in [0.29, 0.717) is 32.9 Å². The molecule has 0 radical (unpaired) electrons. The van der Waals surface area contributed by atoms with Gasteiger partial charge in [0, 0.05) is 43.2 Å². The molecule has 5 aromatic rings. The topological polar surface area (TPSA) is 98.6 Å². The van der Waals surface area contributed by atoms with Gasteiger partial charge >= 0.3 is 0 Å². The Hall–Kier alpha value is -3.85. The summed E-state index contributed by atoms with van der Waals surface area (Å²) in [5, 5.41) is 12.9. The highest BCUT2D eigenvalue weighted by atomic mass is 35.5. The molecule has 2 aromatic carbocycles. The SMILES string of the molecule is CN(CCc1ccccn1)Cc1ccc(-c2cnc(N)c(-c3nnnn3-c3cccc(Cl)c3Cl)c2)cc1. The maximum Gasteiger partial charge on any atom is 0.190 e. The van der Waals surface area contributed by atoms with Crippen molar-refractivity contribution in [3.63, 3.8) is 0 Å². The number of nitrogens with zero attached hydrogens (tertiary/aromatic N) is 7. The first-order valence-corrected chi connectivity index (χ1v) is 12.4. The van der Waals surface area contributed by atoms with Gasteiger partial charge in [0.05, 0.1) is 21.3 Å². The average molecular weight is 531 g/mol. The van der Waals surface area contributed by atoms with Crippen LogP contribution in [-0.4, -0.2) is 48.7 Å². The van der Waals surface area contributed by atoms with Crippen molar-refractivity contribution >= 4 is 29.0 Å². The van der Waals surface area contributed by atoms with Crippen molar-refractivity contribution in [1.29, 1.82) is 0 Å². The van der Waals surface area contributed by atoms with Crippen molar-refractivity contribution in [1.82, 2.24) is 35.1 Å². The molecule has 5 rings (SSSR count). The number of pyridine rings is 2. The van der Waals surface area contributed by atoms with E-state index in [9.17, 15) is 0 Å². The summed E-state index contributed by atoms with van der Waals surface area (Å²) in [4.78, 5) is 11.1. The third kappa shape index (κ3) is 5.61. The molecule has 0 atom stereocenters. The van der Waals surface area contributed by atoms with Crippen molar-refractivity contribution in [2.75, 3.05) is 19.3 Å². The molecule has 0 aliphatic carbocycles. The van der Waals surface area contributed by atoms with Gasteiger partial charge in [0.25, 0.3) is 0 Å². The molecule has 0 aliphatic rings. The van der Waals surface area contributed by atoms with Crippen molar-refractivity contribution in [2.24, 2.45) is 0 Å². The van der Waals surface area contributed by atoms with Crippen LogP contribution in [0.2, 0.25) is 10.0 Å². The van der Waals surface area contributed by atoms with Gasteiger partial charge in [-0.1, -0.05) is 59.6 Å². The number of aromatic nitrogens is 6. The Kier molecular flexibility index (Phi) is 7.41. The van der Waals surface area contributed by atoms with Crippen LogP contribution in [0.15, 0.2) is 79.1 Å². The number of nitrogens with two attached hydrogens (primary N) is 1. The highest BCUT2D eigenvalue weighted by molar-refractivity contribution is 6.43. The smallest absolute Gasteiger partial charge is 0.190 e. The predicted octanol–water partition coefficient (Wildman–Crippen LogP) is 5.35. The Morgan fingerprint density at radius 1 is 0.946 bits per heavy atom. The van der Waals surface area contributed by atoms with Crippen molar-refractivity contribution in [2.45, 2.75) is 13.0 Å². The summed E-state index contributed by atoms with van der Waals surface area (Å²) >= 11 is 12.6. The van der Waals surface area contributed by atoms with E-state index in [4.69, 9.17) is 28.9 Å². The molecule has 186 valence electrons. The van der Waals surface area contributed by atoms with Crippen LogP contribution in [0.25, 0.3) is 28.2 Å². The molecule has 2 N–H and O–H groups in total. The van der Waals surface area contributed by atoms with E-state index in [2.05, 4.69) is 67.8 Å². The Morgan fingerprint density at radius 3 is 2.57 bits per heavy atom. The van der Waals surface area contributed by atoms with Crippen molar-refractivity contribution in [3.8, 4) is 28.2 Å². The zero-order chi connectivity index (χ0) is 25.8. The van der Waals surface area contributed by atoms with Crippen molar-refractivity contribution < 1.29 is 0 Å². The largest absolute Gasteiger partial charge is 0.383 e. The van der Waals surface area contributed by atoms with E-state index in [1.807, 2.05) is 24.4 Å². The van der Waals surface area contributed by atoms with Gasteiger partial charge in [-0.25, -0.2) is 4.98 Å². The van der Waals surface area contributed by atoms with Crippen LogP contribution in [0.4, 0.5) is 5.82 Å². The number of hydrogen-bond donors (Lipinski definition) is 1. The molecule has 3 aromatic heterocycles. The van der Waals surface area contributed by atoms with E-state index < -0.39 is 0 Å². The summed E-state index contributed by atoms with van der Waals surface area (Å²) in [5.41, 5.74) is 11.6. The predicted molar refractivity (Wildman–Crippen MR) is 147 cm³/mol. The van der Waals surface area contributed by atoms with Crippen LogP contribution in [0.1, 0.15) is 11.3 Å². The van der Waals surface area contributed by atoms with Gasteiger partial charge in [-0.3, -0.25) is 4.98 Å². The molecule has 0 unspecified atom stereocenters. The minimum Gasteiger partial charge on any atom is -0.383 e. The second kappa shape index (κ2) is 11.0. The molecule has 37 heavy (non-hydrogen) atoms. The zero-order valence-corrected chi connectivity index (χ0v) is 21.6. The summed E-state index contributed by atoms with van der Waals surface area (Å²) in [5.74, 6) is 0.728. The third-order valence-electron chi connectivity index (χ3n) is 6.00. The molecule has 8 nitrogen and oxygen atoms in total. The van der Waals surface area contributed by atoms with E-state index in [1.54, 1.807) is 24.4 Å². The maximum absolute atomic E-state index is 6.41. The molecule has 3 heterocycles. The van der Waals surface area contributed by atoms with Gasteiger partial charge in [-0.05, 0) is 58.9 Å². The summed E-state index contributed by atoms with van der Waals surface area (Å²) in [6, 6.07) is 21.6. The lowest BCUT2D eigenvalue weighted by Crippen LogP contribution is -2.21. The van der Waals surface area contributed by atoms with Gasteiger partial charge in [0.2, 0.25) is 0 Å². The standard InChI is InChI=1S/C27H24Cl2N8/c1-36(14-12-21-5-2-3-13-31-21)17-18-8-10-19(11-9-18)20-15-22(26(30)32-16-20)27-33-34-35-37(27)24-7-4-6-23(28)25(24)29/h2-11,13,15-16H,12,14,17H2,1H3,(H2,30,32). The van der Waals surface area contributed by atoms with Gasteiger partial charge < -0.3 is 10.6 Å². The fourth-order valence-corrected chi connectivity index (χ4v) is 4.41. The molecule has 0 saturated heterocycles. The lowest BCUT2D eigenvalue weighted by molar-refractivity contribution is 0.330. The first-order valence-electron chi connectivity index (χ1n) is 11.7. The molecular formula is C27H24Cl2N8. The van der Waals surface area contributed by atoms with Crippen LogP contribution in [0, 0.1) is 0 Å². The van der Waals surface area contributed by atoms with E-state index >= 15 is 0 Å². The molecule has 0 spiro atoms. The number of hydrogen-bond acceptors (Lipinski definition) is 7. The second-order valence-electron chi connectivity index (χ2n) is 8.65. The minimum absolute atomic E-state index is 0.309. The Labute approximate surface area is 224 Å². The number of rotatable bonds is 8. The average Bonchev–Trinajstić information content (AvgIpc) is 3.40. The normalized spacial score (nSPS) is 11.2. The summed E-state index contributed by atoms with van der Waals surface area (Å²) < 4.78 is 1.51. The second-order valence-corrected chi connectivity index (χ2v) is 9.43. The van der Waals surface area contributed by atoms with Crippen LogP contribution in [0.3, 0.4) is 0 Å². The molecule has 0 aliphatic heterocycles. The maximum atomic E-state index is 6.41. The van der Waals surface area contributed by atoms with Gasteiger partial charge in [-0.2, -0.15) is 4.68 Å². The summed E-state index contributed by atoms with van der Waals surface area (Å²) in [6.07, 6.45) is 4.49. The first kappa shape index (κ1) is 24.8. The van der Waals surface area contributed by atoms with Crippen molar-refractivity contribution in [3.05, 3.63) is 100 Å². The van der Waals surface area contributed by atoms with Crippen LogP contribution in [-0.2, 0) is 13.0 Å². The number of tetrazole rings is 1. The summed E-state index contributed by atoms with van der Waals surface area (Å²) in [6.45, 7) is 1.77. The highest BCUT2D eigenvalue weighted by Crippen LogP contribution is 2.33. The van der Waals surface area contributed by atoms with E-state index in [0.717, 1.165) is 36.3 Å². The number of nitrogen functional groups attached to an aromatic ring is 1. The number of anilines is 1. The molecule has 0 fully saturated rings. The minimum atomic E-state index is 0.309. The van der Waals surface area contributed by atoms with Crippen LogP contribution >= 0.6 is 23.2 Å². The highest BCUT2D eigenvalue weighted by Gasteiger charge is 2.18. The zero-order valence-electron chi connectivity index (χ0n) is 20.1. The monoisotopic (exact) mass is 530 g/mol. The van der Waals surface area contributed by atoms with Crippen LogP contribution < -0.4 is 5.73 Å². The Morgan fingerprint density at radius 2 is 1.78 bits per heavy atom.